The van der Waals surface area contributed by atoms with Crippen LogP contribution in [0.4, 0.5) is 0 Å². The van der Waals surface area contributed by atoms with Crippen LogP contribution in [-0.2, 0) is 9.59 Å². The van der Waals surface area contributed by atoms with E-state index in [1.54, 1.807) is 4.90 Å². The lowest BCUT2D eigenvalue weighted by molar-refractivity contribution is -0.139. The van der Waals surface area contributed by atoms with Gasteiger partial charge in [0.2, 0.25) is 11.8 Å². The first-order valence-corrected chi connectivity index (χ1v) is 7.81. The highest BCUT2D eigenvalue weighted by molar-refractivity contribution is 5.89. The summed E-state index contributed by atoms with van der Waals surface area (Å²) in [5, 5.41) is 6.47. The summed E-state index contributed by atoms with van der Waals surface area (Å²) in [5.41, 5.74) is 0. The van der Waals surface area contributed by atoms with E-state index in [0.717, 1.165) is 25.9 Å². The standard InChI is InChI=1S/C15H27N3O2/c1-10(2)14(18-8-4-5-13(18)19)15(20)17-12-9-16-7-6-11(12)3/h10-12,14,16H,4-9H2,1-3H3,(H,17,20). The van der Waals surface area contributed by atoms with Gasteiger partial charge in [-0.25, -0.2) is 0 Å². The molecule has 2 amide bonds. The molecular formula is C15H27N3O2. The van der Waals surface area contributed by atoms with Gasteiger partial charge in [0.05, 0.1) is 0 Å². The number of hydrogen-bond acceptors (Lipinski definition) is 3. The van der Waals surface area contributed by atoms with Crippen molar-refractivity contribution < 1.29 is 9.59 Å². The number of hydrogen-bond donors (Lipinski definition) is 2. The molecule has 2 rings (SSSR count). The molecule has 2 N–H and O–H groups in total. The number of nitrogens with zero attached hydrogens (tertiary/aromatic N) is 1. The molecule has 5 nitrogen and oxygen atoms in total. The number of carbonyl (C=O) groups is 2. The van der Waals surface area contributed by atoms with Gasteiger partial charge in [0, 0.05) is 25.6 Å². The summed E-state index contributed by atoms with van der Waals surface area (Å²) < 4.78 is 0. The summed E-state index contributed by atoms with van der Waals surface area (Å²) in [5.74, 6) is 0.760. The summed E-state index contributed by atoms with van der Waals surface area (Å²) in [6, 6.07) is -0.144. The molecule has 0 aromatic heterocycles. The molecule has 3 unspecified atom stereocenters. The molecule has 5 heteroatoms. The van der Waals surface area contributed by atoms with Gasteiger partial charge in [0.25, 0.3) is 0 Å². The molecule has 0 bridgehead atoms. The molecule has 0 spiro atoms. The van der Waals surface area contributed by atoms with Gasteiger partial charge < -0.3 is 15.5 Å². The second-order valence-corrected chi connectivity index (χ2v) is 6.46. The third-order valence-corrected chi connectivity index (χ3v) is 4.50. The molecule has 3 atom stereocenters. The van der Waals surface area contributed by atoms with Crippen LogP contribution in [0, 0.1) is 11.8 Å². The van der Waals surface area contributed by atoms with E-state index in [0.29, 0.717) is 18.9 Å². The van der Waals surface area contributed by atoms with Crippen molar-refractivity contribution in [2.45, 2.75) is 52.1 Å². The maximum atomic E-state index is 12.6. The van der Waals surface area contributed by atoms with E-state index in [1.807, 2.05) is 13.8 Å². The van der Waals surface area contributed by atoms with E-state index in [-0.39, 0.29) is 29.8 Å². The molecule has 0 radical (unpaired) electrons. The normalized spacial score (nSPS) is 28.8. The van der Waals surface area contributed by atoms with Crippen LogP contribution in [0.1, 0.15) is 40.0 Å². The monoisotopic (exact) mass is 281 g/mol. The molecular weight excluding hydrogens is 254 g/mol. The Labute approximate surface area is 121 Å². The number of likely N-dealkylation sites (tertiary alicyclic amines) is 1. The zero-order chi connectivity index (χ0) is 14.7. The second kappa shape index (κ2) is 6.57. The fraction of sp³-hybridized carbons (Fsp3) is 0.867. The highest BCUT2D eigenvalue weighted by Gasteiger charge is 2.36. The highest BCUT2D eigenvalue weighted by Crippen LogP contribution is 2.20. The molecule has 2 aliphatic heterocycles. The minimum absolute atomic E-state index is 0.01000. The Bertz CT molecular complexity index is 370. The average molecular weight is 281 g/mol. The second-order valence-electron chi connectivity index (χ2n) is 6.46. The van der Waals surface area contributed by atoms with Crippen LogP contribution in [0.15, 0.2) is 0 Å². The van der Waals surface area contributed by atoms with Crippen molar-refractivity contribution in [1.29, 1.82) is 0 Å². The van der Waals surface area contributed by atoms with Gasteiger partial charge in [0.15, 0.2) is 0 Å². The van der Waals surface area contributed by atoms with Crippen LogP contribution < -0.4 is 10.6 Å². The van der Waals surface area contributed by atoms with Crippen LogP contribution in [0.3, 0.4) is 0 Å². The van der Waals surface area contributed by atoms with Gasteiger partial charge in [-0.1, -0.05) is 20.8 Å². The Morgan fingerprint density at radius 1 is 1.45 bits per heavy atom. The fourth-order valence-electron chi connectivity index (χ4n) is 3.22. The number of amides is 2. The Morgan fingerprint density at radius 3 is 2.75 bits per heavy atom. The average Bonchev–Trinajstić information content (AvgIpc) is 2.78. The molecule has 0 aromatic carbocycles. The summed E-state index contributed by atoms with van der Waals surface area (Å²) in [7, 11) is 0. The largest absolute Gasteiger partial charge is 0.350 e. The maximum absolute atomic E-state index is 12.6. The maximum Gasteiger partial charge on any atom is 0.243 e. The van der Waals surface area contributed by atoms with E-state index in [4.69, 9.17) is 0 Å². The number of rotatable bonds is 4. The molecule has 0 aromatic rings. The molecule has 2 aliphatic rings. The molecule has 0 saturated carbocycles. The van der Waals surface area contributed by atoms with Crippen molar-refractivity contribution >= 4 is 11.8 Å². The highest BCUT2D eigenvalue weighted by atomic mass is 16.2. The van der Waals surface area contributed by atoms with E-state index < -0.39 is 0 Å². The Morgan fingerprint density at radius 2 is 2.20 bits per heavy atom. The first-order chi connectivity index (χ1) is 9.50. The number of carbonyl (C=O) groups excluding carboxylic acids is 2. The Hall–Kier alpha value is -1.10. The molecule has 0 aliphatic carbocycles. The Kier molecular flexibility index (Phi) is 5.02. The third kappa shape index (κ3) is 3.32. The van der Waals surface area contributed by atoms with Gasteiger partial charge in [-0.2, -0.15) is 0 Å². The summed E-state index contributed by atoms with van der Waals surface area (Å²) >= 11 is 0. The van der Waals surface area contributed by atoms with Crippen LogP contribution in [-0.4, -0.2) is 48.4 Å². The SMILES string of the molecule is CC(C)C(C(=O)NC1CNCCC1C)N1CCCC1=O. The van der Waals surface area contributed by atoms with E-state index in [2.05, 4.69) is 17.6 Å². The summed E-state index contributed by atoms with van der Waals surface area (Å²) in [6.07, 6.45) is 2.54. The number of nitrogens with one attached hydrogen (secondary N) is 2. The topological polar surface area (TPSA) is 61.4 Å². The lowest BCUT2D eigenvalue weighted by atomic mass is 9.93. The summed E-state index contributed by atoms with van der Waals surface area (Å²) in [4.78, 5) is 26.3. The molecule has 114 valence electrons. The van der Waals surface area contributed by atoms with E-state index >= 15 is 0 Å². The van der Waals surface area contributed by atoms with Crippen molar-refractivity contribution in [1.82, 2.24) is 15.5 Å². The molecule has 20 heavy (non-hydrogen) atoms. The Balaban J connectivity index is 2.01. The minimum Gasteiger partial charge on any atom is -0.350 e. The van der Waals surface area contributed by atoms with Crippen LogP contribution in [0.25, 0.3) is 0 Å². The first kappa shape index (κ1) is 15.3. The van der Waals surface area contributed by atoms with Crippen molar-refractivity contribution in [3.05, 3.63) is 0 Å². The lowest BCUT2D eigenvalue weighted by Gasteiger charge is -2.35. The zero-order valence-electron chi connectivity index (χ0n) is 12.8. The third-order valence-electron chi connectivity index (χ3n) is 4.50. The predicted molar refractivity (Wildman–Crippen MR) is 78.2 cm³/mol. The van der Waals surface area contributed by atoms with Crippen molar-refractivity contribution in [3.8, 4) is 0 Å². The fourth-order valence-corrected chi connectivity index (χ4v) is 3.22. The van der Waals surface area contributed by atoms with E-state index in [9.17, 15) is 9.59 Å². The molecule has 2 saturated heterocycles. The van der Waals surface area contributed by atoms with Crippen molar-refractivity contribution in [2.24, 2.45) is 11.8 Å². The first-order valence-electron chi connectivity index (χ1n) is 7.81. The van der Waals surface area contributed by atoms with Gasteiger partial charge in [-0.15, -0.1) is 0 Å². The van der Waals surface area contributed by atoms with Gasteiger partial charge in [-0.3, -0.25) is 9.59 Å². The molecule has 2 heterocycles. The molecule has 2 fully saturated rings. The lowest BCUT2D eigenvalue weighted by Crippen LogP contribution is -2.57. The predicted octanol–water partition coefficient (Wildman–Crippen LogP) is 0.748. The van der Waals surface area contributed by atoms with Crippen molar-refractivity contribution in [3.63, 3.8) is 0 Å². The smallest absolute Gasteiger partial charge is 0.243 e. The van der Waals surface area contributed by atoms with Crippen LogP contribution in [0.2, 0.25) is 0 Å². The van der Waals surface area contributed by atoms with Gasteiger partial charge in [-0.05, 0) is 31.2 Å². The van der Waals surface area contributed by atoms with Crippen LogP contribution in [0.5, 0.6) is 0 Å². The van der Waals surface area contributed by atoms with Gasteiger partial charge >= 0.3 is 0 Å². The van der Waals surface area contributed by atoms with Gasteiger partial charge in [0.1, 0.15) is 6.04 Å². The number of piperidine rings is 1. The van der Waals surface area contributed by atoms with Crippen molar-refractivity contribution in [2.75, 3.05) is 19.6 Å². The van der Waals surface area contributed by atoms with E-state index in [1.165, 1.54) is 0 Å². The quantitative estimate of drug-likeness (QED) is 0.799. The summed E-state index contributed by atoms with van der Waals surface area (Å²) in [6.45, 7) is 8.76. The van der Waals surface area contributed by atoms with Crippen LogP contribution >= 0.6 is 0 Å². The zero-order valence-corrected chi connectivity index (χ0v) is 12.8. The minimum atomic E-state index is -0.320.